The maximum Gasteiger partial charge on any atom is 0.0982 e. The lowest BCUT2D eigenvalue weighted by Gasteiger charge is -2.31. The molecule has 0 aliphatic carbocycles. The zero-order chi connectivity index (χ0) is 12.1. The fraction of sp³-hybridized carbons (Fsp3) is 0.533. The minimum absolute atomic E-state index is 0.0905. The second kappa shape index (κ2) is 5.84. The molecule has 1 heterocycles. The van der Waals surface area contributed by atoms with Crippen LogP contribution in [-0.4, -0.2) is 17.5 Å². The minimum atomic E-state index is 0.0905. The number of nitriles is 1. The van der Waals surface area contributed by atoms with Crippen molar-refractivity contribution in [2.75, 3.05) is 6.54 Å². The van der Waals surface area contributed by atoms with Crippen LogP contribution in [-0.2, 0) is 0 Å². The van der Waals surface area contributed by atoms with Gasteiger partial charge in [0.15, 0.2) is 0 Å². The smallest absolute Gasteiger partial charge is 0.0982 e. The Bertz CT molecular complexity index is 380. The van der Waals surface area contributed by atoms with E-state index in [1.54, 1.807) is 0 Å². The highest BCUT2D eigenvalue weighted by Gasteiger charge is 2.25. The van der Waals surface area contributed by atoms with Crippen molar-refractivity contribution in [2.45, 2.75) is 44.7 Å². The van der Waals surface area contributed by atoms with Gasteiger partial charge in [-0.3, -0.25) is 4.90 Å². The summed E-state index contributed by atoms with van der Waals surface area (Å²) in [6.45, 7) is 3.26. The fourth-order valence-corrected chi connectivity index (χ4v) is 2.66. The van der Waals surface area contributed by atoms with E-state index in [1.807, 2.05) is 6.07 Å². The summed E-state index contributed by atoms with van der Waals surface area (Å²) in [4.78, 5) is 2.36. The lowest BCUT2D eigenvalue weighted by atomic mass is 10.0. The standard InChI is InChI=1S/C15H20N2/c1-13(14-8-4-2-5-9-14)17-11-7-3-6-10-15(17)12-16/h2,4-5,8-9,13,15H,3,6-7,10-11H2,1H3. The van der Waals surface area contributed by atoms with Gasteiger partial charge in [-0.1, -0.05) is 43.2 Å². The van der Waals surface area contributed by atoms with E-state index in [0.29, 0.717) is 6.04 Å². The Kier molecular flexibility index (Phi) is 4.17. The third-order valence-corrected chi connectivity index (χ3v) is 3.72. The Morgan fingerprint density at radius 2 is 2.00 bits per heavy atom. The van der Waals surface area contributed by atoms with E-state index < -0.39 is 0 Å². The molecular formula is C15H20N2. The van der Waals surface area contributed by atoms with Crippen LogP contribution in [0, 0.1) is 11.3 Å². The molecule has 1 fully saturated rings. The molecule has 1 aliphatic heterocycles. The van der Waals surface area contributed by atoms with Crippen molar-refractivity contribution >= 4 is 0 Å². The summed E-state index contributed by atoms with van der Waals surface area (Å²) in [7, 11) is 0. The maximum absolute atomic E-state index is 9.29. The number of nitrogens with zero attached hydrogens (tertiary/aromatic N) is 2. The lowest BCUT2D eigenvalue weighted by molar-refractivity contribution is 0.180. The molecule has 1 aliphatic rings. The normalized spacial score (nSPS) is 23.6. The van der Waals surface area contributed by atoms with Gasteiger partial charge in [0.1, 0.15) is 0 Å². The lowest BCUT2D eigenvalue weighted by Crippen LogP contribution is -2.36. The molecule has 1 aromatic rings. The molecule has 2 unspecified atom stereocenters. The summed E-state index contributed by atoms with van der Waals surface area (Å²) in [5.41, 5.74) is 1.31. The van der Waals surface area contributed by atoms with Crippen LogP contribution in [0.5, 0.6) is 0 Å². The van der Waals surface area contributed by atoms with Crippen LogP contribution in [0.15, 0.2) is 30.3 Å². The third-order valence-electron chi connectivity index (χ3n) is 3.72. The second-order valence-electron chi connectivity index (χ2n) is 4.82. The highest BCUT2D eigenvalue weighted by atomic mass is 15.2. The molecule has 1 saturated heterocycles. The van der Waals surface area contributed by atoms with Crippen molar-refractivity contribution in [3.8, 4) is 6.07 Å². The summed E-state index contributed by atoms with van der Waals surface area (Å²) in [6, 6.07) is 13.4. The summed E-state index contributed by atoms with van der Waals surface area (Å²) in [5.74, 6) is 0. The Morgan fingerprint density at radius 1 is 1.24 bits per heavy atom. The van der Waals surface area contributed by atoms with E-state index in [4.69, 9.17) is 0 Å². The second-order valence-corrected chi connectivity index (χ2v) is 4.82. The summed E-state index contributed by atoms with van der Waals surface area (Å²) < 4.78 is 0. The average Bonchev–Trinajstić information content (AvgIpc) is 2.64. The van der Waals surface area contributed by atoms with Gasteiger partial charge in [0.05, 0.1) is 12.1 Å². The number of likely N-dealkylation sites (tertiary alicyclic amines) is 1. The third kappa shape index (κ3) is 2.87. The fourth-order valence-electron chi connectivity index (χ4n) is 2.66. The molecule has 0 N–H and O–H groups in total. The van der Waals surface area contributed by atoms with E-state index in [1.165, 1.54) is 24.8 Å². The number of rotatable bonds is 2. The largest absolute Gasteiger partial charge is 0.281 e. The van der Waals surface area contributed by atoms with Crippen molar-refractivity contribution in [2.24, 2.45) is 0 Å². The van der Waals surface area contributed by atoms with Gasteiger partial charge in [0.2, 0.25) is 0 Å². The Morgan fingerprint density at radius 3 is 2.71 bits per heavy atom. The Balaban J connectivity index is 2.16. The van der Waals surface area contributed by atoms with Crippen LogP contribution in [0.1, 0.15) is 44.2 Å². The summed E-state index contributed by atoms with van der Waals surface area (Å²) in [5, 5.41) is 9.29. The molecule has 0 aromatic heterocycles. The van der Waals surface area contributed by atoms with Crippen molar-refractivity contribution in [1.29, 1.82) is 5.26 Å². The SMILES string of the molecule is CC(c1ccccc1)N1CCCCCC1C#N. The monoisotopic (exact) mass is 228 g/mol. The first-order valence-corrected chi connectivity index (χ1v) is 6.53. The predicted molar refractivity (Wildman–Crippen MR) is 69.4 cm³/mol. The van der Waals surface area contributed by atoms with Gasteiger partial charge in [0.25, 0.3) is 0 Å². The molecule has 0 bridgehead atoms. The molecule has 0 saturated carbocycles. The number of hydrogen-bond acceptors (Lipinski definition) is 2. The van der Waals surface area contributed by atoms with E-state index in [0.717, 1.165) is 13.0 Å². The molecule has 0 amide bonds. The zero-order valence-corrected chi connectivity index (χ0v) is 10.5. The van der Waals surface area contributed by atoms with E-state index >= 15 is 0 Å². The molecule has 2 nitrogen and oxygen atoms in total. The predicted octanol–water partition coefficient (Wildman–Crippen LogP) is 3.52. The highest BCUT2D eigenvalue weighted by Crippen LogP contribution is 2.27. The Labute approximate surface area is 104 Å². The van der Waals surface area contributed by atoms with Gasteiger partial charge in [-0.15, -0.1) is 0 Å². The first-order chi connectivity index (χ1) is 8.33. The zero-order valence-electron chi connectivity index (χ0n) is 10.5. The van der Waals surface area contributed by atoms with Crippen molar-refractivity contribution in [3.63, 3.8) is 0 Å². The van der Waals surface area contributed by atoms with Crippen molar-refractivity contribution in [3.05, 3.63) is 35.9 Å². The molecular weight excluding hydrogens is 208 g/mol. The first kappa shape index (κ1) is 12.1. The average molecular weight is 228 g/mol. The molecule has 2 rings (SSSR count). The minimum Gasteiger partial charge on any atom is -0.281 e. The molecule has 0 radical (unpaired) electrons. The molecule has 2 atom stereocenters. The highest BCUT2D eigenvalue weighted by molar-refractivity contribution is 5.19. The van der Waals surface area contributed by atoms with Crippen LogP contribution in [0.3, 0.4) is 0 Å². The van der Waals surface area contributed by atoms with E-state index in [2.05, 4.69) is 42.2 Å². The van der Waals surface area contributed by atoms with Crippen LogP contribution < -0.4 is 0 Å². The molecule has 90 valence electrons. The van der Waals surface area contributed by atoms with Gasteiger partial charge < -0.3 is 0 Å². The maximum atomic E-state index is 9.29. The molecule has 0 spiro atoms. The number of hydrogen-bond donors (Lipinski definition) is 0. The van der Waals surface area contributed by atoms with Crippen LogP contribution >= 0.6 is 0 Å². The van der Waals surface area contributed by atoms with Crippen molar-refractivity contribution < 1.29 is 0 Å². The summed E-state index contributed by atoms with van der Waals surface area (Å²) >= 11 is 0. The molecule has 1 aromatic carbocycles. The Hall–Kier alpha value is -1.33. The van der Waals surface area contributed by atoms with Gasteiger partial charge in [-0.05, 0) is 25.3 Å². The number of benzene rings is 1. The van der Waals surface area contributed by atoms with Crippen molar-refractivity contribution in [1.82, 2.24) is 4.90 Å². The topological polar surface area (TPSA) is 27.0 Å². The van der Waals surface area contributed by atoms with Crippen LogP contribution in [0.25, 0.3) is 0 Å². The van der Waals surface area contributed by atoms with Gasteiger partial charge >= 0.3 is 0 Å². The molecule has 17 heavy (non-hydrogen) atoms. The quantitative estimate of drug-likeness (QED) is 0.774. The van der Waals surface area contributed by atoms with E-state index in [9.17, 15) is 5.26 Å². The molecule has 2 heteroatoms. The van der Waals surface area contributed by atoms with Crippen LogP contribution in [0.4, 0.5) is 0 Å². The van der Waals surface area contributed by atoms with Gasteiger partial charge in [0, 0.05) is 12.6 Å². The summed E-state index contributed by atoms with van der Waals surface area (Å²) in [6.07, 6.45) is 4.69. The van der Waals surface area contributed by atoms with Crippen LogP contribution in [0.2, 0.25) is 0 Å². The van der Waals surface area contributed by atoms with Gasteiger partial charge in [-0.2, -0.15) is 5.26 Å². The van der Waals surface area contributed by atoms with E-state index in [-0.39, 0.29) is 6.04 Å². The first-order valence-electron chi connectivity index (χ1n) is 6.53. The van der Waals surface area contributed by atoms with Gasteiger partial charge in [-0.25, -0.2) is 0 Å².